The van der Waals surface area contributed by atoms with Crippen LogP contribution in [0, 0.1) is 0 Å². The van der Waals surface area contributed by atoms with Gasteiger partial charge in [0.2, 0.25) is 29.5 Å². The van der Waals surface area contributed by atoms with E-state index in [1.165, 1.54) is 6.92 Å². The summed E-state index contributed by atoms with van der Waals surface area (Å²) in [4.78, 5) is 64.7. The Balaban J connectivity index is 0.851. The molecule has 1 unspecified atom stereocenters. The van der Waals surface area contributed by atoms with E-state index < -0.39 is 470 Å². The van der Waals surface area contributed by atoms with E-state index >= 15 is 0 Å². The quantitative estimate of drug-likeness (QED) is 0.0273. The number of aliphatic hydroxyl groups is 32. The van der Waals surface area contributed by atoms with Crippen molar-refractivity contribution in [1.82, 2.24) is 26.6 Å². The van der Waals surface area contributed by atoms with Gasteiger partial charge in [-0.05, 0) is 6.92 Å². The molecule has 65 heteroatoms. The Labute approximate surface area is 832 Å². The van der Waals surface area contributed by atoms with Crippen LogP contribution in [0.1, 0.15) is 41.5 Å². The van der Waals surface area contributed by atoms with Crippen molar-refractivity contribution in [2.24, 2.45) is 0 Å². The van der Waals surface area contributed by atoms with E-state index in [-0.39, 0.29) is 0 Å². The number of nitrogens with one attached hydrogen (secondary N) is 5. The number of carbonyl (C=O) groups excluding carboxylic acids is 5. The molecule has 0 saturated carbocycles. The van der Waals surface area contributed by atoms with Gasteiger partial charge in [-0.1, -0.05) is 0 Å². The van der Waals surface area contributed by atoms with Gasteiger partial charge in [0.15, 0.2) is 75.5 Å². The molecule has 0 aromatic rings. The largest absolute Gasteiger partial charge is 0.394 e. The molecule has 147 heavy (non-hydrogen) atoms. The number of hydrogen-bond donors (Lipinski definition) is 37. The maximum Gasteiger partial charge on any atom is 0.217 e. The molecule has 65 nitrogen and oxygen atoms in total. The first-order valence-corrected chi connectivity index (χ1v) is 47.0. The molecule has 5 amide bonds. The van der Waals surface area contributed by atoms with Crippen molar-refractivity contribution in [3.63, 3.8) is 0 Å². The van der Waals surface area contributed by atoms with Gasteiger partial charge in [-0.15, -0.1) is 0 Å². The minimum atomic E-state index is -2.71. The van der Waals surface area contributed by atoms with E-state index in [2.05, 4.69) is 26.6 Å². The molecule has 12 aliphatic heterocycles. The monoisotopic (exact) mass is 2150 g/mol. The van der Waals surface area contributed by atoms with Gasteiger partial charge in [-0.25, -0.2) is 0 Å². The molecular weight excluding hydrogens is 2010 g/mol. The minimum Gasteiger partial charge on any atom is -0.394 e. The highest BCUT2D eigenvalue weighted by atomic mass is 16.8. The van der Waals surface area contributed by atoms with Gasteiger partial charge in [-0.3, -0.25) is 24.0 Å². The molecule has 0 aromatic carbocycles. The summed E-state index contributed by atoms with van der Waals surface area (Å²) in [7, 11) is 0. The average Bonchev–Trinajstić information content (AvgIpc) is 0.763. The average molecular weight is 2150 g/mol. The fourth-order valence-electron chi connectivity index (χ4n) is 19.1. The molecule has 12 saturated heterocycles. The zero-order valence-corrected chi connectivity index (χ0v) is 79.2. The van der Waals surface area contributed by atoms with Crippen molar-refractivity contribution in [2.45, 2.75) is 410 Å². The Bertz CT molecular complexity index is 4110. The molecule has 60 atom stereocenters. The lowest BCUT2D eigenvalue weighted by Crippen LogP contribution is -2.71. The lowest BCUT2D eigenvalue weighted by Gasteiger charge is -2.51. The number of amides is 5. The van der Waals surface area contributed by atoms with Gasteiger partial charge in [0.25, 0.3) is 0 Å². The smallest absolute Gasteiger partial charge is 0.217 e. The third kappa shape index (κ3) is 27.0. The normalized spacial score (nSPS) is 49.6. The molecule has 0 radical (unpaired) electrons. The third-order valence-corrected chi connectivity index (χ3v) is 27.0. The van der Waals surface area contributed by atoms with E-state index in [1.54, 1.807) is 0 Å². The van der Waals surface area contributed by atoms with Gasteiger partial charge in [0.05, 0.1) is 78.8 Å². The summed E-state index contributed by atoms with van der Waals surface area (Å²) < 4.78 is 137. The van der Waals surface area contributed by atoms with Crippen LogP contribution < -0.4 is 26.6 Å². The van der Waals surface area contributed by atoms with Crippen LogP contribution in [0.25, 0.3) is 0 Å². The molecule has 0 spiro atoms. The second kappa shape index (κ2) is 52.8. The van der Waals surface area contributed by atoms with E-state index in [0.717, 1.165) is 34.6 Å². The lowest BCUT2D eigenvalue weighted by atomic mass is 9.93. The van der Waals surface area contributed by atoms with E-state index in [9.17, 15) is 187 Å². The number of ether oxygens (including phenoxy) is 23. The molecule has 37 N–H and O–H groups in total. The summed E-state index contributed by atoms with van der Waals surface area (Å²) in [6.45, 7) is -6.46. The highest BCUT2D eigenvalue weighted by Crippen LogP contribution is 2.43. The van der Waals surface area contributed by atoms with Crippen LogP contribution in [0.5, 0.6) is 0 Å². The van der Waals surface area contributed by atoms with Crippen molar-refractivity contribution in [1.29, 1.82) is 0 Å². The van der Waals surface area contributed by atoms with Crippen LogP contribution >= 0.6 is 0 Å². The van der Waals surface area contributed by atoms with E-state index in [1.807, 2.05) is 0 Å². The molecule has 12 fully saturated rings. The van der Waals surface area contributed by atoms with Gasteiger partial charge in [-0.2, -0.15) is 0 Å². The van der Waals surface area contributed by atoms with Crippen LogP contribution in [-0.4, -0.2) is 634 Å². The molecule has 0 aromatic heterocycles. The maximum atomic E-state index is 13.4. The summed E-state index contributed by atoms with van der Waals surface area (Å²) in [5, 5.41) is 373. The third-order valence-electron chi connectivity index (χ3n) is 27.0. The van der Waals surface area contributed by atoms with Crippen LogP contribution in [0.15, 0.2) is 0 Å². The van der Waals surface area contributed by atoms with Crippen molar-refractivity contribution in [2.75, 3.05) is 72.7 Å². The number of carbonyl (C=O) groups is 5. The summed E-state index contributed by atoms with van der Waals surface area (Å²) >= 11 is 0. The first-order valence-electron chi connectivity index (χ1n) is 47.0. The first-order chi connectivity index (χ1) is 69.5. The van der Waals surface area contributed by atoms with Gasteiger partial charge < -0.3 is 299 Å². The first kappa shape index (κ1) is 121. The molecule has 12 aliphatic rings. The maximum absolute atomic E-state index is 13.4. The molecule has 0 bridgehead atoms. The van der Waals surface area contributed by atoms with E-state index in [0.29, 0.717) is 0 Å². The standard InChI is InChI=1S/C82H137N5O60/c1-18-40(101)53(114)58(119)76(128-18)126-17-34-66(49(110)35(71(124)129-34)83-19(2)96)140-73-37(85-21(4)98)50(111)65(30(13-94)135-73)143-80-62(123)68(145-82-70(57(118)44(105)27(10-91)134-82)147-75-39(87-23(6)100)51(112)63(29(12-93)137-75)141-78-60(121)55(116)45(106)32(138-78)15-125-72-36(84-20(3)97)48(109)41(102)24(7-88)130-72)47(108)33(139-80)16-127-81-69(56(117)43(104)26(9-90)133-81)146-74-38(86-22(5)99)52(113)64(31(14-95)136-74)142-79-61(122)67(46(107)28(11-92)132-79)144-77-59(120)54(115)42(103)25(8-89)131-77/h18,24-82,88-95,101-124H,7-17H2,1-6H3,(H,83,96)(H,84,97)(H,85,98)(H,86,99)(H,87,100)/t18-,24+,25+,26+,27+,28+,29+,30+,31+,32+,33+,34+,35+,36+,37+,38+,39+,40+,41+,42-,43+,44+,45-,46-,47+,48+,49+,50+,51+,52+,53+,54-,55-,56-,57-,58-,59+,60+,61+,62-,63+,64+,65+,66+,67-,68-,69-,70-,71?,72-,73-,74-,75-,76+,77+,78-,79-,80-,81-,82+/m0/s1. The van der Waals surface area contributed by atoms with Crippen molar-refractivity contribution < 1.29 is 296 Å². The van der Waals surface area contributed by atoms with Gasteiger partial charge in [0.1, 0.15) is 287 Å². The minimum absolute atomic E-state index is 0.775. The number of rotatable bonds is 38. The molecule has 12 rings (SSSR count). The van der Waals surface area contributed by atoms with Crippen molar-refractivity contribution >= 4 is 29.5 Å². The Morgan fingerprint density at radius 2 is 0.429 bits per heavy atom. The van der Waals surface area contributed by atoms with Crippen molar-refractivity contribution in [3.05, 3.63) is 0 Å². The SMILES string of the molecule is CC(=O)N[C@H]1[C@H](O[C@H]2[C@H](O)[C@@H](NC(C)=O)C(O)O[C@@H]2CO[C@@H]2O[C@@H](C)[C@@H](O)[C@@H](O)[C@@H]2O)O[C@H](CO)[C@@H](O[C@@H]2O[C@H](CO[C@H]3O[C@H](CO)[C@@H](O)[C@H](O)[C@@H]3O[C@@H]3O[C@H](CO)[C@@H](O[C@@H]4O[C@H](CO)[C@H](O)[C@H](O[C@H]5O[C@H](CO)[C@H](O)[C@H](O)[C@H]5O)[C@H]4O)[C@H](O)[C@H]3NC(C)=O)[C@@H](O)[C@H](O[C@H]3O[C@H](CO)[C@@H](O)[C@H](O)[C@@H]3O[C@@H]3O[C@H](CO)[C@@H](O[C@@H]4O[C@H](CO[C@H]5O[C@H](CO)[C@@H](O)[C@H](O)[C@H]5NC(C)=O)[C@H](O)[C@H](O)[C@H]4O)[C@H](O)[C@H]3NC(C)=O)[C@@H]2O)[C@@H]1O. The number of aliphatic hydroxyl groups excluding tert-OH is 32. The van der Waals surface area contributed by atoms with Gasteiger partial charge in [0, 0.05) is 34.6 Å². The molecular formula is C82H137N5O60. The zero-order valence-electron chi connectivity index (χ0n) is 79.2. The Hall–Kier alpha value is -4.85. The fraction of sp³-hybridized carbons (Fsp3) is 0.939. The second-order valence-corrected chi connectivity index (χ2v) is 37.4. The highest BCUT2D eigenvalue weighted by molar-refractivity contribution is 5.75. The number of hydrogen-bond acceptors (Lipinski definition) is 60. The van der Waals surface area contributed by atoms with E-state index in [4.69, 9.17) is 109 Å². The van der Waals surface area contributed by atoms with Crippen LogP contribution in [-0.2, 0) is 133 Å². The van der Waals surface area contributed by atoms with Crippen molar-refractivity contribution in [3.8, 4) is 0 Å². The van der Waals surface area contributed by atoms with Crippen LogP contribution in [0.2, 0.25) is 0 Å². The summed E-state index contributed by atoms with van der Waals surface area (Å²) in [5.74, 6) is -4.76. The van der Waals surface area contributed by atoms with Crippen LogP contribution in [0.3, 0.4) is 0 Å². The second-order valence-electron chi connectivity index (χ2n) is 37.4. The summed E-state index contributed by atoms with van der Waals surface area (Å²) in [5.41, 5.74) is 0. The highest BCUT2D eigenvalue weighted by Gasteiger charge is 2.64. The lowest BCUT2D eigenvalue weighted by molar-refractivity contribution is -0.399. The summed E-state index contributed by atoms with van der Waals surface area (Å²) in [6, 6.07) is -9.62. The molecule has 12 heterocycles. The predicted molar refractivity (Wildman–Crippen MR) is 452 cm³/mol. The predicted octanol–water partition coefficient (Wildman–Crippen LogP) is -25.4. The Morgan fingerprint density at radius 3 is 0.830 bits per heavy atom. The van der Waals surface area contributed by atoms with Gasteiger partial charge >= 0.3 is 0 Å². The Kier molecular flexibility index (Phi) is 43.4. The Morgan fingerprint density at radius 1 is 0.190 bits per heavy atom. The fourth-order valence-corrected chi connectivity index (χ4v) is 19.1. The molecule has 0 aliphatic carbocycles. The summed E-state index contributed by atoms with van der Waals surface area (Å²) in [6.07, 6.45) is -117. The van der Waals surface area contributed by atoms with Crippen LogP contribution in [0.4, 0.5) is 0 Å². The molecule has 850 valence electrons. The zero-order chi connectivity index (χ0) is 108. The topological polar surface area (TPSA) is 1010 Å².